The molecule has 0 fully saturated rings. The van der Waals surface area contributed by atoms with Gasteiger partial charge in [0, 0.05) is 0 Å². The number of rotatable bonds is 1. The van der Waals surface area contributed by atoms with Gasteiger partial charge >= 0.3 is 0 Å². The van der Waals surface area contributed by atoms with Gasteiger partial charge in [-0.15, -0.1) is 18.2 Å². The SMILES string of the molecule is CC(C)(P)PP.N. The topological polar surface area (TPSA) is 35.0 Å². The summed E-state index contributed by atoms with van der Waals surface area (Å²) >= 11 is 0. The highest BCUT2D eigenvalue weighted by Gasteiger charge is 2.03. The second-order valence-electron chi connectivity index (χ2n) is 1.87. The standard InChI is InChI=1S/C3H11P3.H3N/c1-3(2,4)6-5;/h6H,4-5H2,1-2H3;1H3. The van der Waals surface area contributed by atoms with Crippen LogP contribution >= 0.6 is 26.4 Å². The molecule has 1 nitrogen and oxygen atoms in total. The molecule has 0 aliphatic rings. The molecule has 0 saturated carbocycles. The van der Waals surface area contributed by atoms with Crippen molar-refractivity contribution in [2.24, 2.45) is 0 Å². The molecule has 3 atom stereocenters. The quantitative estimate of drug-likeness (QED) is 0.582. The molecular formula is C3H14NP3. The van der Waals surface area contributed by atoms with Crippen molar-refractivity contribution in [2.75, 3.05) is 0 Å². The molecule has 0 aliphatic heterocycles. The average molecular weight is 157 g/mol. The maximum atomic E-state index is 2.78. The molecule has 0 radical (unpaired) electrons. The molecule has 46 valence electrons. The molecule has 0 rings (SSSR count). The molecular weight excluding hydrogens is 143 g/mol. The summed E-state index contributed by atoms with van der Waals surface area (Å²) < 4.78 is 0. The van der Waals surface area contributed by atoms with Gasteiger partial charge in [0.2, 0.25) is 0 Å². The zero-order chi connectivity index (χ0) is 5.21. The predicted octanol–water partition coefficient (Wildman–Crippen LogP) is 2.23. The van der Waals surface area contributed by atoms with Crippen LogP contribution in [0.3, 0.4) is 0 Å². The summed E-state index contributed by atoms with van der Waals surface area (Å²) in [5.41, 5.74) is 0. The van der Waals surface area contributed by atoms with Gasteiger partial charge in [0.25, 0.3) is 0 Å². The minimum absolute atomic E-state index is 0. The van der Waals surface area contributed by atoms with E-state index in [2.05, 4.69) is 32.0 Å². The number of hydrogen-bond acceptors (Lipinski definition) is 1. The monoisotopic (exact) mass is 157 g/mol. The molecule has 0 aromatic rings. The summed E-state index contributed by atoms with van der Waals surface area (Å²) in [6, 6.07) is 0. The zero-order valence-electron chi connectivity index (χ0n) is 4.86. The van der Waals surface area contributed by atoms with Crippen molar-refractivity contribution in [3.63, 3.8) is 0 Å². The lowest BCUT2D eigenvalue weighted by Crippen LogP contribution is -1.93. The Hall–Kier alpha value is 1.25. The normalized spacial score (nSPS) is 12.0. The highest BCUT2D eigenvalue weighted by atomic mass is 32.0. The zero-order valence-corrected chi connectivity index (χ0v) is 8.17. The molecule has 0 spiro atoms. The van der Waals surface area contributed by atoms with E-state index < -0.39 is 0 Å². The maximum absolute atomic E-state index is 2.78. The van der Waals surface area contributed by atoms with E-state index in [4.69, 9.17) is 0 Å². The van der Waals surface area contributed by atoms with Crippen LogP contribution in [0, 0.1) is 0 Å². The fraction of sp³-hybridized carbons (Fsp3) is 1.00. The third-order valence-electron chi connectivity index (χ3n) is 0.372. The Balaban J connectivity index is 0. The third kappa shape index (κ3) is 11.1. The molecule has 3 N–H and O–H groups in total. The molecule has 0 aliphatic carbocycles. The Morgan fingerprint density at radius 1 is 1.43 bits per heavy atom. The Morgan fingerprint density at radius 3 is 1.57 bits per heavy atom. The minimum Gasteiger partial charge on any atom is -0.344 e. The number of hydrogen-bond donors (Lipinski definition) is 1. The van der Waals surface area contributed by atoms with Crippen LogP contribution in [0.15, 0.2) is 0 Å². The average Bonchev–Trinajstić information content (AvgIpc) is 1.35. The summed E-state index contributed by atoms with van der Waals surface area (Å²) in [7, 11) is 6.46. The molecule has 0 bridgehead atoms. The van der Waals surface area contributed by atoms with Crippen LogP contribution in [0.4, 0.5) is 0 Å². The first-order chi connectivity index (χ1) is 2.56. The first-order valence-electron chi connectivity index (χ1n) is 1.83. The van der Waals surface area contributed by atoms with E-state index >= 15 is 0 Å². The largest absolute Gasteiger partial charge is 0.344 e. The van der Waals surface area contributed by atoms with Crippen molar-refractivity contribution in [1.29, 1.82) is 0 Å². The van der Waals surface area contributed by atoms with Gasteiger partial charge in [-0.3, -0.25) is 0 Å². The van der Waals surface area contributed by atoms with E-state index in [1.807, 2.05) is 0 Å². The second-order valence-corrected chi connectivity index (χ2v) is 6.33. The van der Waals surface area contributed by atoms with Crippen molar-refractivity contribution in [3.8, 4) is 0 Å². The van der Waals surface area contributed by atoms with Crippen LogP contribution in [0.5, 0.6) is 0 Å². The lowest BCUT2D eigenvalue weighted by molar-refractivity contribution is 1.03. The Kier molecular flexibility index (Phi) is 6.60. The molecule has 0 heterocycles. The summed E-state index contributed by atoms with van der Waals surface area (Å²) in [4.78, 5) is 0.449. The second kappa shape index (κ2) is 4.16. The van der Waals surface area contributed by atoms with Crippen molar-refractivity contribution in [2.45, 2.75) is 18.7 Å². The van der Waals surface area contributed by atoms with Crippen molar-refractivity contribution in [3.05, 3.63) is 0 Å². The Labute approximate surface area is 52.1 Å². The third-order valence-corrected chi connectivity index (χ3v) is 4.85. The van der Waals surface area contributed by atoms with Gasteiger partial charge in [-0.2, -0.15) is 0 Å². The molecule has 7 heavy (non-hydrogen) atoms. The van der Waals surface area contributed by atoms with Crippen molar-refractivity contribution >= 4 is 26.4 Å². The maximum Gasteiger partial charge on any atom is -0.00000826 e. The Bertz CT molecular complexity index is 39.9. The molecule has 0 amide bonds. The van der Waals surface area contributed by atoms with E-state index in [0.29, 0.717) is 4.90 Å². The smallest absolute Gasteiger partial charge is 0.00000826 e. The predicted molar refractivity (Wildman–Crippen MR) is 46.8 cm³/mol. The molecule has 0 aromatic carbocycles. The van der Waals surface area contributed by atoms with E-state index in [1.165, 1.54) is 0 Å². The first kappa shape index (κ1) is 11.1. The molecule has 0 aromatic heterocycles. The summed E-state index contributed by atoms with van der Waals surface area (Å²) in [5.74, 6) is 0. The Morgan fingerprint density at radius 2 is 1.57 bits per heavy atom. The van der Waals surface area contributed by atoms with Gasteiger partial charge in [0.1, 0.15) is 0 Å². The van der Waals surface area contributed by atoms with Gasteiger partial charge in [-0.1, -0.05) is 22.1 Å². The fourth-order valence-electron chi connectivity index (χ4n) is 0. The van der Waals surface area contributed by atoms with Crippen LogP contribution in [0.1, 0.15) is 13.8 Å². The van der Waals surface area contributed by atoms with Crippen LogP contribution in [-0.4, -0.2) is 4.90 Å². The van der Waals surface area contributed by atoms with Gasteiger partial charge in [-0.05, 0) is 4.90 Å². The van der Waals surface area contributed by atoms with E-state index in [9.17, 15) is 0 Å². The van der Waals surface area contributed by atoms with Crippen LogP contribution in [-0.2, 0) is 0 Å². The van der Waals surface area contributed by atoms with E-state index in [-0.39, 0.29) is 6.15 Å². The first-order valence-corrected chi connectivity index (χ1v) is 5.21. The van der Waals surface area contributed by atoms with Crippen LogP contribution < -0.4 is 6.15 Å². The van der Waals surface area contributed by atoms with Gasteiger partial charge < -0.3 is 6.15 Å². The fourth-order valence-corrected chi connectivity index (χ4v) is 0. The van der Waals surface area contributed by atoms with Crippen molar-refractivity contribution < 1.29 is 0 Å². The highest BCUT2D eigenvalue weighted by Crippen LogP contribution is 2.42. The molecule has 3 unspecified atom stereocenters. The summed E-state index contributed by atoms with van der Waals surface area (Å²) in [6.45, 7) is 4.40. The van der Waals surface area contributed by atoms with Gasteiger partial charge in [-0.25, -0.2) is 0 Å². The van der Waals surface area contributed by atoms with Crippen molar-refractivity contribution in [1.82, 2.24) is 6.15 Å². The molecule has 4 heteroatoms. The molecule has 0 saturated heterocycles. The van der Waals surface area contributed by atoms with Crippen LogP contribution in [0.2, 0.25) is 0 Å². The van der Waals surface area contributed by atoms with Crippen LogP contribution in [0.25, 0.3) is 0 Å². The highest BCUT2D eigenvalue weighted by molar-refractivity contribution is 8.05. The van der Waals surface area contributed by atoms with Gasteiger partial charge in [0.15, 0.2) is 0 Å². The van der Waals surface area contributed by atoms with E-state index in [1.54, 1.807) is 0 Å². The van der Waals surface area contributed by atoms with E-state index in [0.717, 1.165) is 8.27 Å². The summed E-state index contributed by atoms with van der Waals surface area (Å²) in [5, 5.41) is 0. The van der Waals surface area contributed by atoms with Gasteiger partial charge in [0.05, 0.1) is 0 Å². The lowest BCUT2D eigenvalue weighted by Gasteiger charge is -2.12. The summed E-state index contributed by atoms with van der Waals surface area (Å²) in [6.07, 6.45) is 0. The minimum atomic E-state index is 0. The lowest BCUT2D eigenvalue weighted by atomic mass is 10.5.